The van der Waals surface area contributed by atoms with Crippen molar-refractivity contribution in [2.75, 3.05) is 6.54 Å². The van der Waals surface area contributed by atoms with Crippen LogP contribution in [0.4, 0.5) is 0 Å². The van der Waals surface area contributed by atoms with E-state index in [-0.39, 0.29) is 36.3 Å². The molecule has 1 aliphatic rings. The van der Waals surface area contributed by atoms with E-state index >= 15 is 0 Å². The highest BCUT2D eigenvalue weighted by Crippen LogP contribution is 2.47. The van der Waals surface area contributed by atoms with Crippen LogP contribution in [0, 0.1) is 5.92 Å². The van der Waals surface area contributed by atoms with Crippen molar-refractivity contribution in [2.24, 2.45) is 5.92 Å². The van der Waals surface area contributed by atoms with E-state index in [1.54, 1.807) is 71.3 Å². The molecule has 2 atom stereocenters. The van der Waals surface area contributed by atoms with Gasteiger partial charge in [-0.15, -0.1) is 11.3 Å². The van der Waals surface area contributed by atoms with Crippen molar-refractivity contribution in [1.82, 2.24) is 15.2 Å². The minimum Gasteiger partial charge on any atom is -0.460 e. The molecule has 0 bridgehead atoms. The predicted octanol–water partition coefficient (Wildman–Crippen LogP) is 6.54. The Bertz CT molecular complexity index is 1410. The van der Waals surface area contributed by atoms with Gasteiger partial charge < -0.3 is 19.7 Å². The van der Waals surface area contributed by atoms with Crippen molar-refractivity contribution in [2.45, 2.75) is 117 Å². The fourth-order valence-electron chi connectivity index (χ4n) is 5.29. The number of carbonyl (C=O) groups is 4. The molecule has 0 aliphatic carbocycles. The van der Waals surface area contributed by atoms with E-state index in [0.717, 1.165) is 5.56 Å². The van der Waals surface area contributed by atoms with Crippen LogP contribution in [-0.2, 0) is 29.3 Å². The lowest BCUT2D eigenvalue weighted by molar-refractivity contribution is -0.166. The van der Waals surface area contributed by atoms with Gasteiger partial charge in [0.2, 0.25) is 5.91 Å². The molecule has 1 N–H and O–H groups in total. The molecule has 3 rings (SSSR count). The molecule has 0 spiro atoms. The number of hydrogen-bond acceptors (Lipinski definition) is 8. The molecule has 0 saturated heterocycles. The molecule has 1 aromatic carbocycles. The van der Waals surface area contributed by atoms with E-state index in [4.69, 9.17) is 9.47 Å². The van der Waals surface area contributed by atoms with E-state index < -0.39 is 46.5 Å². The Kier molecular flexibility index (Phi) is 10.7. The molecule has 246 valence electrons. The van der Waals surface area contributed by atoms with E-state index in [2.05, 4.69) is 31.1 Å². The summed E-state index contributed by atoms with van der Waals surface area (Å²) in [7, 11) is 0. The fourth-order valence-corrected chi connectivity index (χ4v) is 6.03. The van der Waals surface area contributed by atoms with Crippen molar-refractivity contribution in [3.63, 3.8) is 0 Å². The molecule has 0 saturated carbocycles. The lowest BCUT2D eigenvalue weighted by Gasteiger charge is -2.41. The molecule has 2 aromatic rings. The van der Waals surface area contributed by atoms with Gasteiger partial charge in [-0.25, -0.2) is 9.78 Å². The fraction of sp³-hybridized carbons (Fsp3) is 0.571. The number of thiazole rings is 1. The van der Waals surface area contributed by atoms with Gasteiger partial charge in [0.1, 0.15) is 22.3 Å². The number of nitrogens with zero attached hydrogens (tertiary/aromatic N) is 2. The van der Waals surface area contributed by atoms with Gasteiger partial charge in [0.15, 0.2) is 5.54 Å². The standard InChI is InChI=1S/C35H49N3O6S/c1-22(2)20-35(31(42)44-34(9,10)11)21-25(28(40)36-17-16-26(39)43-33(6,7)8)27(29-37-18-19-45-29)38(35)30(41)23-12-14-24(15-13-23)32(3,4)5/h12-15,18-19,21-22,27H,16-17,20H2,1-11H3,(H,36,40)/t27-,35+/m1/s1. The number of nitrogens with one attached hydrogen (secondary N) is 1. The molecular formula is C35H49N3O6S. The molecule has 9 nitrogen and oxygen atoms in total. The second-order valence-corrected chi connectivity index (χ2v) is 15.9. The highest BCUT2D eigenvalue weighted by Gasteiger charge is 2.57. The minimum absolute atomic E-state index is 0.0154. The smallest absolute Gasteiger partial charge is 0.336 e. The molecule has 2 amide bonds. The van der Waals surface area contributed by atoms with Crippen molar-refractivity contribution in [3.8, 4) is 0 Å². The van der Waals surface area contributed by atoms with E-state index in [1.165, 1.54) is 16.2 Å². The summed E-state index contributed by atoms with van der Waals surface area (Å²) < 4.78 is 11.4. The van der Waals surface area contributed by atoms with Crippen LogP contribution in [0.1, 0.15) is 116 Å². The van der Waals surface area contributed by atoms with Gasteiger partial charge in [-0.2, -0.15) is 0 Å². The number of amides is 2. The lowest BCUT2D eigenvalue weighted by atomic mass is 9.85. The predicted molar refractivity (Wildman–Crippen MR) is 176 cm³/mol. The third kappa shape index (κ3) is 9.02. The molecule has 1 aromatic heterocycles. The third-order valence-corrected chi connectivity index (χ3v) is 7.88. The number of aromatic nitrogens is 1. The zero-order chi connectivity index (χ0) is 34.0. The Morgan fingerprint density at radius 3 is 2.04 bits per heavy atom. The highest BCUT2D eigenvalue weighted by atomic mass is 32.1. The second kappa shape index (κ2) is 13.4. The average Bonchev–Trinajstić information content (AvgIpc) is 3.52. The Hall–Kier alpha value is -3.53. The van der Waals surface area contributed by atoms with Crippen molar-refractivity contribution in [3.05, 3.63) is 63.6 Å². The molecule has 45 heavy (non-hydrogen) atoms. The summed E-state index contributed by atoms with van der Waals surface area (Å²) >= 11 is 1.29. The maximum Gasteiger partial charge on any atom is 0.336 e. The summed E-state index contributed by atoms with van der Waals surface area (Å²) in [6.07, 6.45) is 3.36. The first-order valence-corrected chi connectivity index (χ1v) is 16.3. The molecule has 2 heterocycles. The summed E-state index contributed by atoms with van der Waals surface area (Å²) in [6.45, 7) is 20.9. The van der Waals surface area contributed by atoms with Gasteiger partial charge in [-0.05, 0) is 83.1 Å². The van der Waals surface area contributed by atoms with Crippen LogP contribution in [0.25, 0.3) is 0 Å². The van der Waals surface area contributed by atoms with Gasteiger partial charge in [-0.3, -0.25) is 14.4 Å². The van der Waals surface area contributed by atoms with Crippen molar-refractivity contribution < 1.29 is 28.7 Å². The summed E-state index contributed by atoms with van der Waals surface area (Å²) in [5, 5.41) is 5.07. The molecule has 0 radical (unpaired) electrons. The highest BCUT2D eigenvalue weighted by molar-refractivity contribution is 7.09. The zero-order valence-corrected chi connectivity index (χ0v) is 29.4. The first-order valence-electron chi connectivity index (χ1n) is 15.4. The summed E-state index contributed by atoms with van der Waals surface area (Å²) in [5.74, 6) is -2.05. The van der Waals surface area contributed by atoms with Crippen LogP contribution < -0.4 is 5.32 Å². The van der Waals surface area contributed by atoms with Crippen LogP contribution >= 0.6 is 11.3 Å². The second-order valence-electron chi connectivity index (χ2n) is 15.0. The number of hydrogen-bond donors (Lipinski definition) is 1. The van der Waals surface area contributed by atoms with Crippen LogP contribution in [0.2, 0.25) is 0 Å². The molecule has 0 unspecified atom stereocenters. The minimum atomic E-state index is -1.60. The van der Waals surface area contributed by atoms with Gasteiger partial charge in [0.05, 0.1) is 6.42 Å². The Morgan fingerprint density at radius 1 is 0.956 bits per heavy atom. The van der Waals surface area contributed by atoms with Crippen LogP contribution in [-0.4, -0.2) is 56.9 Å². The molecular weight excluding hydrogens is 590 g/mol. The monoisotopic (exact) mass is 639 g/mol. The van der Waals surface area contributed by atoms with Crippen LogP contribution in [0.15, 0.2) is 47.5 Å². The van der Waals surface area contributed by atoms with E-state index in [1.807, 2.05) is 26.0 Å². The molecule has 1 aliphatic heterocycles. The van der Waals surface area contributed by atoms with Crippen LogP contribution in [0.3, 0.4) is 0 Å². The summed E-state index contributed by atoms with van der Waals surface area (Å²) in [4.78, 5) is 61.2. The lowest BCUT2D eigenvalue weighted by Crippen LogP contribution is -2.56. The number of benzene rings is 1. The zero-order valence-electron chi connectivity index (χ0n) is 28.6. The van der Waals surface area contributed by atoms with Crippen LogP contribution in [0.5, 0.6) is 0 Å². The maximum absolute atomic E-state index is 14.7. The number of rotatable bonds is 9. The van der Waals surface area contributed by atoms with Crippen molar-refractivity contribution >= 4 is 35.1 Å². The molecule has 10 heteroatoms. The Balaban J connectivity index is 2.16. The van der Waals surface area contributed by atoms with Gasteiger partial charge in [0, 0.05) is 29.3 Å². The normalized spacial score (nSPS) is 18.9. The average molecular weight is 640 g/mol. The number of carbonyl (C=O) groups excluding carboxylic acids is 4. The maximum atomic E-state index is 14.7. The quantitative estimate of drug-likeness (QED) is 0.310. The van der Waals surface area contributed by atoms with Crippen molar-refractivity contribution in [1.29, 1.82) is 0 Å². The van der Waals surface area contributed by atoms with E-state index in [9.17, 15) is 19.2 Å². The topological polar surface area (TPSA) is 115 Å². The Labute approximate surface area is 271 Å². The van der Waals surface area contributed by atoms with Gasteiger partial charge in [0.25, 0.3) is 5.91 Å². The Morgan fingerprint density at radius 2 is 1.56 bits per heavy atom. The third-order valence-electron chi connectivity index (χ3n) is 7.05. The van der Waals surface area contributed by atoms with Gasteiger partial charge >= 0.3 is 11.9 Å². The first-order chi connectivity index (χ1) is 20.6. The summed E-state index contributed by atoms with van der Waals surface area (Å²) in [5.41, 5.74) is -1.60. The number of esters is 2. The first kappa shape index (κ1) is 35.9. The summed E-state index contributed by atoms with van der Waals surface area (Å²) in [6, 6.07) is 6.38. The molecule has 0 fully saturated rings. The van der Waals surface area contributed by atoms with Gasteiger partial charge in [-0.1, -0.05) is 46.8 Å². The van der Waals surface area contributed by atoms with E-state index in [0.29, 0.717) is 10.6 Å². The largest absolute Gasteiger partial charge is 0.460 e. The number of ether oxygens (including phenoxy) is 2. The SMILES string of the molecule is CC(C)C[C@@]1(C(=O)OC(C)(C)C)C=C(C(=O)NCCC(=O)OC(C)(C)C)[C@H](c2nccs2)N1C(=O)c1ccc(C(C)(C)C)cc1.